The molecule has 0 radical (unpaired) electrons. The predicted octanol–water partition coefficient (Wildman–Crippen LogP) is 3.80. The summed E-state index contributed by atoms with van der Waals surface area (Å²) in [5, 5.41) is 14.6. The van der Waals surface area contributed by atoms with E-state index < -0.39 is 4.92 Å². The van der Waals surface area contributed by atoms with Crippen LogP contribution in [0.5, 0.6) is 5.75 Å². The van der Waals surface area contributed by atoms with Crippen LogP contribution in [0.3, 0.4) is 0 Å². The third kappa shape index (κ3) is 4.72. The van der Waals surface area contributed by atoms with Crippen molar-refractivity contribution in [2.75, 3.05) is 45.2 Å². The summed E-state index contributed by atoms with van der Waals surface area (Å²) in [5.74, 6) is 0.291. The van der Waals surface area contributed by atoms with E-state index >= 15 is 0 Å². The molecular weight excluding hydrogens is 368 g/mol. The Kier molecular flexibility index (Phi) is 7.14. The number of nitro benzene ring substituents is 1. The topological polar surface area (TPSA) is 70.9 Å². The predicted molar refractivity (Wildman–Crippen MR) is 118 cm³/mol. The summed E-state index contributed by atoms with van der Waals surface area (Å²) >= 11 is 0. The van der Waals surface area contributed by atoms with Gasteiger partial charge in [-0.2, -0.15) is 0 Å². The number of hydrogen-bond donors (Lipinski definition) is 1. The zero-order valence-electron chi connectivity index (χ0n) is 17.5. The maximum absolute atomic E-state index is 11.6. The van der Waals surface area contributed by atoms with Crippen LogP contribution in [-0.2, 0) is 0 Å². The van der Waals surface area contributed by atoms with Gasteiger partial charge in [0.1, 0.15) is 0 Å². The normalized spacial score (nSPS) is 19.1. The van der Waals surface area contributed by atoms with E-state index in [1.165, 1.54) is 39.5 Å². The summed E-state index contributed by atoms with van der Waals surface area (Å²) in [7, 11) is 3.29. The second-order valence-electron chi connectivity index (χ2n) is 7.71. The minimum Gasteiger partial charge on any atom is -0.490 e. The van der Waals surface area contributed by atoms with Crippen LogP contribution in [-0.4, -0.2) is 56.2 Å². The van der Waals surface area contributed by atoms with Gasteiger partial charge in [0.2, 0.25) is 0 Å². The van der Waals surface area contributed by atoms with E-state index in [0.717, 1.165) is 42.8 Å². The summed E-state index contributed by atoms with van der Waals surface area (Å²) in [6, 6.07) is 4.05. The molecule has 2 saturated heterocycles. The molecule has 0 spiro atoms. The molecule has 2 heterocycles. The molecule has 1 aromatic carbocycles. The Morgan fingerprint density at radius 1 is 1.24 bits per heavy atom. The number of allylic oxidation sites excluding steroid dienone is 2. The highest BCUT2D eigenvalue weighted by atomic mass is 16.6. The van der Waals surface area contributed by atoms with Crippen molar-refractivity contribution in [1.29, 1.82) is 0 Å². The molecule has 7 nitrogen and oxygen atoms in total. The van der Waals surface area contributed by atoms with Crippen LogP contribution in [0, 0.1) is 10.1 Å². The Morgan fingerprint density at radius 2 is 1.93 bits per heavy atom. The number of nitro groups is 1. The molecule has 2 aliphatic heterocycles. The van der Waals surface area contributed by atoms with Crippen molar-refractivity contribution in [1.82, 2.24) is 10.2 Å². The Hall–Kier alpha value is -2.54. The molecular formula is C22H32N4O3. The highest BCUT2D eigenvalue weighted by Crippen LogP contribution is 2.39. The minimum atomic E-state index is -0.394. The summed E-state index contributed by atoms with van der Waals surface area (Å²) in [5.41, 5.74) is 2.56. The van der Waals surface area contributed by atoms with Crippen molar-refractivity contribution in [3.63, 3.8) is 0 Å². The summed E-state index contributed by atoms with van der Waals surface area (Å²) in [6.07, 6.45) is 9.73. The molecule has 0 unspecified atom stereocenters. The summed E-state index contributed by atoms with van der Waals surface area (Å²) in [4.78, 5) is 16.1. The van der Waals surface area contributed by atoms with Crippen LogP contribution in [0.25, 0.3) is 5.57 Å². The van der Waals surface area contributed by atoms with Crippen molar-refractivity contribution in [2.45, 2.75) is 38.1 Å². The third-order valence-electron chi connectivity index (χ3n) is 6.04. The zero-order valence-corrected chi connectivity index (χ0v) is 17.5. The van der Waals surface area contributed by atoms with E-state index in [4.69, 9.17) is 4.74 Å². The lowest BCUT2D eigenvalue weighted by Gasteiger charge is -2.41. The van der Waals surface area contributed by atoms with Crippen LogP contribution < -0.4 is 15.0 Å². The Labute approximate surface area is 173 Å². The van der Waals surface area contributed by atoms with E-state index in [9.17, 15) is 10.1 Å². The van der Waals surface area contributed by atoms with Crippen molar-refractivity contribution in [3.8, 4) is 5.75 Å². The number of piperidine rings is 2. The summed E-state index contributed by atoms with van der Waals surface area (Å²) < 4.78 is 5.35. The molecule has 1 aromatic rings. The number of rotatable bonds is 7. The first-order chi connectivity index (χ1) is 14.1. The highest BCUT2D eigenvalue weighted by molar-refractivity contribution is 5.85. The molecule has 0 amide bonds. The van der Waals surface area contributed by atoms with E-state index in [-0.39, 0.29) is 5.69 Å². The van der Waals surface area contributed by atoms with Crippen LogP contribution >= 0.6 is 0 Å². The van der Waals surface area contributed by atoms with Gasteiger partial charge >= 0.3 is 5.69 Å². The van der Waals surface area contributed by atoms with Crippen LogP contribution in [0.2, 0.25) is 0 Å². The van der Waals surface area contributed by atoms with Gasteiger partial charge in [-0.1, -0.05) is 19.1 Å². The minimum absolute atomic E-state index is 0.0293. The van der Waals surface area contributed by atoms with Crippen LogP contribution in [0.4, 0.5) is 11.4 Å². The molecule has 3 rings (SSSR count). The Balaban J connectivity index is 1.90. The zero-order chi connectivity index (χ0) is 20.8. The molecule has 7 heteroatoms. The van der Waals surface area contributed by atoms with Crippen molar-refractivity contribution >= 4 is 16.9 Å². The average Bonchev–Trinajstić information content (AvgIpc) is 2.77. The second kappa shape index (κ2) is 9.78. The fourth-order valence-electron chi connectivity index (χ4n) is 4.51. The highest BCUT2D eigenvalue weighted by Gasteiger charge is 2.29. The van der Waals surface area contributed by atoms with Gasteiger partial charge < -0.3 is 19.9 Å². The maximum Gasteiger partial charge on any atom is 0.311 e. The monoisotopic (exact) mass is 400 g/mol. The molecule has 0 aliphatic carbocycles. The van der Waals surface area contributed by atoms with Crippen molar-refractivity contribution in [2.24, 2.45) is 0 Å². The van der Waals surface area contributed by atoms with Crippen LogP contribution in [0.15, 0.2) is 31.0 Å². The van der Waals surface area contributed by atoms with Gasteiger partial charge in [-0.05, 0) is 44.3 Å². The molecule has 0 bridgehead atoms. The number of methoxy groups -OCH3 is 1. The number of benzene rings is 1. The van der Waals surface area contributed by atoms with E-state index in [1.807, 2.05) is 19.3 Å². The fourth-order valence-corrected chi connectivity index (χ4v) is 4.51. The van der Waals surface area contributed by atoms with Gasteiger partial charge in [0.25, 0.3) is 0 Å². The number of likely N-dealkylation sites (tertiary alicyclic amines) is 1. The Morgan fingerprint density at radius 3 is 2.48 bits per heavy atom. The van der Waals surface area contributed by atoms with Gasteiger partial charge in [-0.25, -0.2) is 0 Å². The lowest BCUT2D eigenvalue weighted by atomic mass is 9.97. The standard InChI is InChI=1S/C22H32N4O3/c1-4-17(16-23-2)19-14-21(26(27)28)22(29-3)15-20(19)25-12-8-18(9-13-25)24-10-6-5-7-11-24/h4,14-16,18,23H,1,5-13H2,2-3H3/b17-16+. The summed E-state index contributed by atoms with van der Waals surface area (Å²) in [6.45, 7) is 8.19. The van der Waals surface area contributed by atoms with E-state index in [1.54, 1.807) is 12.1 Å². The number of nitrogens with one attached hydrogen (secondary N) is 1. The first-order valence-electron chi connectivity index (χ1n) is 10.4. The number of hydrogen-bond acceptors (Lipinski definition) is 6. The number of nitrogens with zero attached hydrogens (tertiary/aromatic N) is 3. The molecule has 0 aromatic heterocycles. The maximum atomic E-state index is 11.6. The lowest BCUT2D eigenvalue weighted by Crippen LogP contribution is -2.46. The van der Waals surface area contributed by atoms with Gasteiger partial charge in [-0.3, -0.25) is 10.1 Å². The van der Waals surface area contributed by atoms with Gasteiger partial charge in [0.05, 0.1) is 12.0 Å². The lowest BCUT2D eigenvalue weighted by molar-refractivity contribution is -0.385. The van der Waals surface area contributed by atoms with Crippen molar-refractivity contribution < 1.29 is 9.66 Å². The quantitative estimate of drug-likeness (QED) is 0.426. The number of ether oxygens (including phenoxy) is 1. The number of anilines is 1. The first-order valence-corrected chi connectivity index (χ1v) is 10.4. The van der Waals surface area contributed by atoms with Gasteiger partial charge in [0, 0.05) is 55.8 Å². The smallest absolute Gasteiger partial charge is 0.311 e. The average molecular weight is 401 g/mol. The molecule has 0 atom stereocenters. The largest absolute Gasteiger partial charge is 0.490 e. The third-order valence-corrected chi connectivity index (χ3v) is 6.04. The fraction of sp³-hybridized carbons (Fsp3) is 0.545. The van der Waals surface area contributed by atoms with Crippen molar-refractivity contribution in [3.05, 3.63) is 46.7 Å². The molecule has 158 valence electrons. The molecule has 29 heavy (non-hydrogen) atoms. The van der Waals surface area contributed by atoms with Gasteiger partial charge in [0.15, 0.2) is 5.75 Å². The molecule has 0 saturated carbocycles. The first kappa shape index (κ1) is 21.2. The van der Waals surface area contributed by atoms with Crippen LogP contribution in [0.1, 0.15) is 37.7 Å². The molecule has 1 N–H and O–H groups in total. The Bertz CT molecular complexity index is 764. The van der Waals surface area contributed by atoms with E-state index in [2.05, 4.69) is 21.7 Å². The second-order valence-corrected chi connectivity index (χ2v) is 7.71. The molecule has 2 aliphatic rings. The van der Waals surface area contributed by atoms with E-state index in [0.29, 0.717) is 11.8 Å². The van der Waals surface area contributed by atoms with Gasteiger partial charge in [-0.15, -0.1) is 0 Å². The SMILES string of the molecule is C=C/C(=C\NC)c1cc([N+](=O)[O-])c(OC)cc1N1CCC(N2CCCCC2)CC1. The molecule has 2 fully saturated rings.